The molecule has 0 aliphatic rings. The third-order valence-electron chi connectivity index (χ3n) is 1.41. The van der Waals surface area contributed by atoms with Crippen LogP contribution in [0, 0.1) is 0 Å². The largest absolute Gasteiger partial charge is 0.355 e. The molecule has 0 bridgehead atoms. The highest BCUT2D eigenvalue weighted by Gasteiger charge is 2.10. The van der Waals surface area contributed by atoms with Crippen LogP contribution in [-0.2, 0) is 14.9 Å². The maximum absolute atomic E-state index is 11.0. The standard InChI is InChI=1S/C6H14N2O4S2.H2/c7-5(4-13)6(9)8-2-1-3-14(10,11)12;/h5,13H,1-4,7H2,(H,8,9)(H,10,11,12);1H/t5-;/m0./s1/i8+1,9+2;. The molecule has 14 heavy (non-hydrogen) atoms. The molecule has 0 saturated heterocycles. The SMILES string of the molecule is N[C@@H](CS)C(=[18O])[15NH]CCCS(=O)(=O)O.[HH]. The van der Waals surface area contributed by atoms with Crippen LogP contribution in [0.2, 0.25) is 0 Å². The first-order valence-electron chi connectivity index (χ1n) is 3.96. The van der Waals surface area contributed by atoms with Crippen LogP contribution in [0.4, 0.5) is 0 Å². The molecular weight excluding hydrogens is 231 g/mol. The third-order valence-corrected chi connectivity index (χ3v) is 2.61. The lowest BCUT2D eigenvalue weighted by Gasteiger charge is -2.08. The van der Waals surface area contributed by atoms with Crippen molar-refractivity contribution >= 4 is 28.7 Å². The smallest absolute Gasteiger partial charge is 0.264 e. The Balaban J connectivity index is 0. The van der Waals surface area contributed by atoms with Gasteiger partial charge < -0.3 is 11.1 Å². The van der Waals surface area contributed by atoms with Gasteiger partial charge in [-0.05, 0) is 6.42 Å². The van der Waals surface area contributed by atoms with Crippen LogP contribution in [0.3, 0.4) is 0 Å². The van der Waals surface area contributed by atoms with E-state index in [0.717, 1.165) is 0 Å². The van der Waals surface area contributed by atoms with Crippen LogP contribution in [-0.4, -0.2) is 43.0 Å². The predicted octanol–water partition coefficient (Wildman–Crippen LogP) is -1.12. The Bertz CT molecular complexity index is 283. The summed E-state index contributed by atoms with van der Waals surface area (Å²) in [6, 6.07) is -0.691. The number of thiol groups is 1. The van der Waals surface area contributed by atoms with Crippen molar-refractivity contribution in [1.29, 1.82) is 0 Å². The van der Waals surface area contributed by atoms with Gasteiger partial charge in [0.05, 0.1) is 11.8 Å². The highest BCUT2D eigenvalue weighted by molar-refractivity contribution is 7.85. The van der Waals surface area contributed by atoms with Crippen molar-refractivity contribution in [3.05, 3.63) is 0 Å². The van der Waals surface area contributed by atoms with Crippen molar-refractivity contribution in [2.75, 3.05) is 18.1 Å². The predicted molar refractivity (Wildman–Crippen MR) is 58.0 cm³/mol. The van der Waals surface area contributed by atoms with Crippen LogP contribution in [0.15, 0.2) is 0 Å². The summed E-state index contributed by atoms with van der Waals surface area (Å²) in [4.78, 5) is 11.0. The Morgan fingerprint density at radius 3 is 2.71 bits per heavy atom. The van der Waals surface area contributed by atoms with Crippen molar-refractivity contribution in [2.45, 2.75) is 12.5 Å². The van der Waals surface area contributed by atoms with Gasteiger partial charge in [0, 0.05) is 13.7 Å². The zero-order chi connectivity index (χ0) is 11.2. The lowest BCUT2D eigenvalue weighted by Crippen LogP contribution is -2.42. The summed E-state index contributed by atoms with van der Waals surface area (Å²) in [6.07, 6.45) is 0.157. The highest BCUT2D eigenvalue weighted by atomic mass is 32.2. The van der Waals surface area contributed by atoms with Crippen molar-refractivity contribution in [3.8, 4) is 0 Å². The maximum Gasteiger partial charge on any atom is 0.264 e. The molecule has 0 heterocycles. The fourth-order valence-electron chi connectivity index (χ4n) is 0.680. The van der Waals surface area contributed by atoms with Gasteiger partial charge in [-0.2, -0.15) is 21.0 Å². The molecule has 0 rings (SSSR count). The summed E-state index contributed by atoms with van der Waals surface area (Å²) in [5.41, 5.74) is 5.33. The zero-order valence-electron chi connectivity index (χ0n) is 7.51. The van der Waals surface area contributed by atoms with Crippen molar-refractivity contribution < 1.29 is 19.2 Å². The molecule has 8 heteroatoms. The van der Waals surface area contributed by atoms with Gasteiger partial charge in [0.15, 0.2) is 0 Å². The number of rotatable bonds is 6. The maximum atomic E-state index is 11.0. The lowest BCUT2D eigenvalue weighted by molar-refractivity contribution is -0.121. The van der Waals surface area contributed by atoms with E-state index in [9.17, 15) is 13.2 Å². The van der Waals surface area contributed by atoms with E-state index in [1.165, 1.54) is 0 Å². The van der Waals surface area contributed by atoms with Crippen molar-refractivity contribution in [3.63, 3.8) is 0 Å². The molecule has 0 aromatic carbocycles. The van der Waals surface area contributed by atoms with Crippen LogP contribution in [0.25, 0.3) is 0 Å². The lowest BCUT2D eigenvalue weighted by atomic mass is 10.3. The molecule has 4 N–H and O–H groups in total. The van der Waals surface area contributed by atoms with Crippen LogP contribution < -0.4 is 11.1 Å². The third kappa shape index (κ3) is 7.13. The Morgan fingerprint density at radius 2 is 2.29 bits per heavy atom. The van der Waals surface area contributed by atoms with E-state index in [1.807, 2.05) is 0 Å². The van der Waals surface area contributed by atoms with Gasteiger partial charge in [0.25, 0.3) is 10.1 Å². The van der Waals surface area contributed by atoms with Gasteiger partial charge in [-0.15, -0.1) is 0 Å². The van der Waals surface area contributed by atoms with Gasteiger partial charge >= 0.3 is 0 Å². The fraction of sp³-hybridized carbons (Fsp3) is 0.833. The molecule has 0 unspecified atom stereocenters. The number of carbonyl (C=O) groups is 1. The van der Waals surface area contributed by atoms with Crippen LogP contribution in [0.5, 0.6) is 0 Å². The minimum Gasteiger partial charge on any atom is -0.355 e. The number of nitrogens with two attached hydrogens (primary N) is 1. The number of carbonyl (C=O) groups excluding carboxylic acids is 1. The molecule has 1 amide bonds. The molecule has 86 valence electrons. The first-order valence-corrected chi connectivity index (χ1v) is 6.20. The Hall–Kier alpha value is -0.310. The highest BCUT2D eigenvalue weighted by Crippen LogP contribution is 1.88. The topological polar surface area (TPSA) is 109 Å². The van der Waals surface area contributed by atoms with E-state index in [-0.39, 0.29) is 31.8 Å². The summed E-state index contributed by atoms with van der Waals surface area (Å²) in [5.74, 6) is -0.525. The minimum absolute atomic E-state index is 0. The summed E-state index contributed by atoms with van der Waals surface area (Å²) in [6.45, 7) is 0.167. The Morgan fingerprint density at radius 1 is 1.71 bits per heavy atom. The minimum atomic E-state index is -3.95. The van der Waals surface area contributed by atoms with Crippen LogP contribution in [0.1, 0.15) is 7.85 Å². The molecule has 1 atom stereocenters. The number of hydrogen-bond acceptors (Lipinski definition) is 5. The summed E-state index contributed by atoms with van der Waals surface area (Å²) in [5, 5.41) is 2.42. The van der Waals surface area contributed by atoms with Crippen LogP contribution >= 0.6 is 12.6 Å². The second kappa shape index (κ2) is 6.23. The number of nitrogens with one attached hydrogen (secondary N) is 1. The molecule has 0 spiro atoms. The van der Waals surface area contributed by atoms with E-state index in [0.29, 0.717) is 0 Å². The second-order valence-electron chi connectivity index (χ2n) is 2.72. The second-order valence-corrected chi connectivity index (χ2v) is 4.66. The van der Waals surface area contributed by atoms with E-state index in [2.05, 4.69) is 17.9 Å². The number of hydrogen-bond donors (Lipinski definition) is 4. The molecule has 0 aromatic heterocycles. The average Bonchev–Trinajstić information content (AvgIpc) is 2.09. The molecule has 0 aliphatic heterocycles. The Labute approximate surface area is 89.9 Å². The van der Waals surface area contributed by atoms with Gasteiger partial charge in [0.2, 0.25) is 5.91 Å². The van der Waals surface area contributed by atoms with E-state index in [1.54, 1.807) is 0 Å². The normalized spacial score (nSPS) is 13.6. The first-order chi connectivity index (χ1) is 6.37. The number of amides is 1. The fourth-order valence-corrected chi connectivity index (χ4v) is 1.36. The monoisotopic (exact) mass is 247 g/mol. The molecule has 0 fully saturated rings. The first kappa shape index (κ1) is 13.7. The van der Waals surface area contributed by atoms with Gasteiger partial charge in [-0.1, -0.05) is 0 Å². The quantitative estimate of drug-likeness (QED) is 0.156. The molecule has 0 aliphatic carbocycles. The van der Waals surface area contributed by atoms with E-state index >= 15 is 0 Å². The van der Waals surface area contributed by atoms with Gasteiger partial charge in [0.1, 0.15) is 0 Å². The molecular formula is C6H16N2O4S2. The van der Waals surface area contributed by atoms with Gasteiger partial charge in [-0.25, -0.2) is 0 Å². The Kier molecular flexibility index (Phi) is 6.09. The average molecular weight is 247 g/mol. The summed E-state index contributed by atoms with van der Waals surface area (Å²) >= 11 is 3.82. The summed E-state index contributed by atoms with van der Waals surface area (Å²) in [7, 11) is -3.95. The van der Waals surface area contributed by atoms with Crippen molar-refractivity contribution in [2.24, 2.45) is 5.73 Å². The van der Waals surface area contributed by atoms with E-state index < -0.39 is 16.2 Å². The summed E-state index contributed by atoms with van der Waals surface area (Å²) < 4.78 is 28.9. The van der Waals surface area contributed by atoms with Gasteiger partial charge in [-0.3, -0.25) is 9.35 Å². The molecule has 0 radical (unpaired) electrons. The molecule has 0 saturated carbocycles. The molecule has 0 aromatic rings. The molecule has 6 nitrogen and oxygen atoms in total. The van der Waals surface area contributed by atoms with Crippen molar-refractivity contribution in [1.82, 2.24) is 5.32 Å². The van der Waals surface area contributed by atoms with E-state index in [4.69, 9.17) is 10.3 Å². The zero-order valence-corrected chi connectivity index (χ0v) is 9.22.